The van der Waals surface area contributed by atoms with Crippen molar-refractivity contribution < 1.29 is 0 Å². The van der Waals surface area contributed by atoms with Gasteiger partial charge in [0.25, 0.3) is 0 Å². The maximum Gasteiger partial charge on any atom is 0.122 e. The Morgan fingerprint density at radius 1 is 1.30 bits per heavy atom. The largest absolute Gasteiger partial charge is 0.333 e. The van der Waals surface area contributed by atoms with Crippen LogP contribution in [0, 0.1) is 12.8 Å². The number of aromatic nitrogens is 3. The van der Waals surface area contributed by atoms with Crippen LogP contribution in [0.3, 0.4) is 0 Å². The van der Waals surface area contributed by atoms with Crippen molar-refractivity contribution in [2.45, 2.75) is 40.4 Å². The molecule has 6 heteroatoms. The Morgan fingerprint density at radius 3 is 2.83 bits per heavy atom. The van der Waals surface area contributed by atoms with Crippen molar-refractivity contribution in [3.05, 3.63) is 34.3 Å². The molecule has 0 radical (unpaired) electrons. The number of thiazole rings is 1. The standard InChI is InChI=1S/C17H27N5S/c1-4-20(5-2)8-15-9-21(11-16-13-23-14(3)19-16)12-17-18-6-7-22(17)10-15/h6-7,13,15H,4-5,8-12H2,1-3H3. The molecule has 0 aliphatic carbocycles. The van der Waals surface area contributed by atoms with Gasteiger partial charge >= 0.3 is 0 Å². The Bertz CT molecular complexity index is 616. The lowest BCUT2D eigenvalue weighted by atomic mass is 10.1. The van der Waals surface area contributed by atoms with Crippen molar-refractivity contribution in [1.82, 2.24) is 24.3 Å². The summed E-state index contributed by atoms with van der Waals surface area (Å²) in [5, 5.41) is 3.34. The molecule has 0 N–H and O–H groups in total. The smallest absolute Gasteiger partial charge is 0.122 e. The number of hydrogen-bond acceptors (Lipinski definition) is 5. The highest BCUT2D eigenvalue weighted by atomic mass is 32.1. The molecule has 0 amide bonds. The second kappa shape index (κ2) is 7.55. The first-order chi connectivity index (χ1) is 11.2. The molecular formula is C17H27N5S. The van der Waals surface area contributed by atoms with Gasteiger partial charge in [0.15, 0.2) is 0 Å². The van der Waals surface area contributed by atoms with Gasteiger partial charge < -0.3 is 9.47 Å². The van der Waals surface area contributed by atoms with Crippen molar-refractivity contribution in [2.75, 3.05) is 26.2 Å². The van der Waals surface area contributed by atoms with Crippen LogP contribution in [0.1, 0.15) is 30.4 Å². The van der Waals surface area contributed by atoms with Crippen LogP contribution in [0.5, 0.6) is 0 Å². The molecule has 0 bridgehead atoms. The van der Waals surface area contributed by atoms with Crippen LogP contribution < -0.4 is 0 Å². The quantitative estimate of drug-likeness (QED) is 0.814. The van der Waals surface area contributed by atoms with Gasteiger partial charge in [0, 0.05) is 49.9 Å². The van der Waals surface area contributed by atoms with Gasteiger partial charge in [0.05, 0.1) is 17.2 Å². The SMILES string of the molecule is CCN(CC)CC1CN(Cc2csc(C)n2)Cc2nccn2C1. The summed E-state index contributed by atoms with van der Waals surface area (Å²) in [6.07, 6.45) is 4.06. The Balaban J connectivity index is 1.74. The Hall–Kier alpha value is -1.24. The normalized spacial score (nSPS) is 19.0. The van der Waals surface area contributed by atoms with Gasteiger partial charge in [-0.05, 0) is 20.0 Å². The van der Waals surface area contributed by atoms with Crippen LogP contribution in [0.25, 0.3) is 0 Å². The second-order valence-electron chi connectivity index (χ2n) is 6.38. The van der Waals surface area contributed by atoms with E-state index < -0.39 is 0 Å². The molecule has 2 aromatic rings. The van der Waals surface area contributed by atoms with E-state index in [2.05, 4.69) is 56.7 Å². The number of hydrogen-bond donors (Lipinski definition) is 0. The Kier molecular flexibility index (Phi) is 5.46. The third-order valence-electron chi connectivity index (χ3n) is 4.60. The summed E-state index contributed by atoms with van der Waals surface area (Å²) in [7, 11) is 0. The van der Waals surface area contributed by atoms with Gasteiger partial charge in [-0.2, -0.15) is 0 Å². The van der Waals surface area contributed by atoms with E-state index in [1.807, 2.05) is 6.20 Å². The molecule has 1 unspecified atom stereocenters. The molecule has 3 rings (SSSR count). The average molecular weight is 334 g/mol. The molecule has 0 fully saturated rings. The van der Waals surface area contributed by atoms with Crippen LogP contribution in [0.2, 0.25) is 0 Å². The minimum absolute atomic E-state index is 0.630. The molecule has 2 aromatic heterocycles. The van der Waals surface area contributed by atoms with E-state index in [0.717, 1.165) is 50.8 Å². The van der Waals surface area contributed by atoms with Crippen molar-refractivity contribution in [1.29, 1.82) is 0 Å². The third-order valence-corrected chi connectivity index (χ3v) is 5.42. The molecule has 0 saturated heterocycles. The van der Waals surface area contributed by atoms with Crippen molar-refractivity contribution in [3.8, 4) is 0 Å². The van der Waals surface area contributed by atoms with Crippen LogP contribution >= 0.6 is 11.3 Å². The number of fused-ring (bicyclic) bond motifs is 1. The fourth-order valence-corrected chi connectivity index (χ4v) is 4.02. The van der Waals surface area contributed by atoms with Gasteiger partial charge in [-0.15, -0.1) is 11.3 Å². The summed E-state index contributed by atoms with van der Waals surface area (Å²) < 4.78 is 2.33. The first-order valence-corrected chi connectivity index (χ1v) is 9.41. The highest BCUT2D eigenvalue weighted by Gasteiger charge is 2.24. The van der Waals surface area contributed by atoms with Crippen LogP contribution in [-0.4, -0.2) is 50.5 Å². The van der Waals surface area contributed by atoms with Crippen molar-refractivity contribution in [3.63, 3.8) is 0 Å². The number of imidazole rings is 1. The lowest BCUT2D eigenvalue weighted by Gasteiger charge is -2.27. The molecule has 0 aromatic carbocycles. The molecule has 3 heterocycles. The lowest BCUT2D eigenvalue weighted by Crippen LogP contribution is -2.36. The highest BCUT2D eigenvalue weighted by Crippen LogP contribution is 2.19. The van der Waals surface area contributed by atoms with Gasteiger partial charge in [-0.1, -0.05) is 13.8 Å². The Labute approximate surface area is 143 Å². The van der Waals surface area contributed by atoms with E-state index in [1.165, 1.54) is 11.5 Å². The molecule has 0 spiro atoms. The van der Waals surface area contributed by atoms with Crippen LogP contribution in [0.4, 0.5) is 0 Å². The van der Waals surface area contributed by atoms with E-state index in [-0.39, 0.29) is 0 Å². The van der Waals surface area contributed by atoms with Gasteiger partial charge in [0.2, 0.25) is 0 Å². The molecule has 5 nitrogen and oxygen atoms in total. The summed E-state index contributed by atoms with van der Waals surface area (Å²) in [4.78, 5) is 14.2. The summed E-state index contributed by atoms with van der Waals surface area (Å²) in [5.74, 6) is 1.81. The highest BCUT2D eigenvalue weighted by molar-refractivity contribution is 7.09. The average Bonchev–Trinajstić information content (AvgIpc) is 3.10. The lowest BCUT2D eigenvalue weighted by molar-refractivity contribution is 0.173. The van der Waals surface area contributed by atoms with Gasteiger partial charge in [-0.25, -0.2) is 9.97 Å². The molecule has 1 aliphatic rings. The zero-order chi connectivity index (χ0) is 16.2. The molecule has 126 valence electrons. The molecular weight excluding hydrogens is 306 g/mol. The van der Waals surface area contributed by atoms with E-state index in [1.54, 1.807) is 11.3 Å². The topological polar surface area (TPSA) is 37.2 Å². The van der Waals surface area contributed by atoms with Crippen LogP contribution in [0.15, 0.2) is 17.8 Å². The molecule has 1 aliphatic heterocycles. The van der Waals surface area contributed by atoms with Gasteiger partial charge in [0.1, 0.15) is 5.82 Å². The van der Waals surface area contributed by atoms with Crippen molar-refractivity contribution >= 4 is 11.3 Å². The monoisotopic (exact) mass is 333 g/mol. The van der Waals surface area contributed by atoms with E-state index >= 15 is 0 Å². The number of aryl methyl sites for hydroxylation is 1. The van der Waals surface area contributed by atoms with Crippen molar-refractivity contribution in [2.24, 2.45) is 5.92 Å². The first kappa shape index (κ1) is 16.6. The van der Waals surface area contributed by atoms with E-state index in [0.29, 0.717) is 5.92 Å². The molecule has 23 heavy (non-hydrogen) atoms. The summed E-state index contributed by atoms with van der Waals surface area (Å²) in [5.41, 5.74) is 1.19. The maximum absolute atomic E-state index is 4.64. The number of rotatable bonds is 6. The van der Waals surface area contributed by atoms with E-state index in [4.69, 9.17) is 0 Å². The van der Waals surface area contributed by atoms with E-state index in [9.17, 15) is 0 Å². The number of nitrogens with zero attached hydrogens (tertiary/aromatic N) is 5. The summed E-state index contributed by atoms with van der Waals surface area (Å²) in [6, 6.07) is 0. The molecule has 1 atom stereocenters. The summed E-state index contributed by atoms with van der Waals surface area (Å²) in [6.45, 7) is 14.0. The minimum Gasteiger partial charge on any atom is -0.333 e. The predicted octanol–water partition coefficient (Wildman–Crippen LogP) is 2.62. The zero-order valence-electron chi connectivity index (χ0n) is 14.4. The van der Waals surface area contributed by atoms with Gasteiger partial charge in [-0.3, -0.25) is 4.90 Å². The molecule has 0 saturated carbocycles. The second-order valence-corrected chi connectivity index (χ2v) is 7.44. The first-order valence-electron chi connectivity index (χ1n) is 8.53. The van der Waals surface area contributed by atoms with Crippen LogP contribution in [-0.2, 0) is 19.6 Å². The summed E-state index contributed by atoms with van der Waals surface area (Å²) >= 11 is 1.74. The Morgan fingerprint density at radius 2 is 2.13 bits per heavy atom. The minimum atomic E-state index is 0.630. The fourth-order valence-electron chi connectivity index (χ4n) is 3.42. The fraction of sp³-hybridized carbons (Fsp3) is 0.647. The predicted molar refractivity (Wildman–Crippen MR) is 94.5 cm³/mol. The maximum atomic E-state index is 4.64. The zero-order valence-corrected chi connectivity index (χ0v) is 15.2. The third kappa shape index (κ3) is 4.19.